The van der Waals surface area contributed by atoms with Gasteiger partial charge in [-0.05, 0) is 24.8 Å². The van der Waals surface area contributed by atoms with Crippen LogP contribution in [0.5, 0.6) is 0 Å². The molecule has 2 aromatic rings. The van der Waals surface area contributed by atoms with E-state index in [9.17, 15) is 4.79 Å². The molecule has 0 spiro atoms. The highest BCUT2D eigenvalue weighted by Crippen LogP contribution is 2.19. The van der Waals surface area contributed by atoms with E-state index in [4.69, 9.17) is 0 Å². The molecule has 1 heterocycles. The van der Waals surface area contributed by atoms with Crippen molar-refractivity contribution in [2.75, 3.05) is 0 Å². The molecule has 3 heteroatoms. The summed E-state index contributed by atoms with van der Waals surface area (Å²) in [6.07, 6.45) is 8.56. The van der Waals surface area contributed by atoms with Crippen LogP contribution < -0.4 is 0 Å². The fourth-order valence-electron chi connectivity index (χ4n) is 2.10. The van der Waals surface area contributed by atoms with Gasteiger partial charge in [0.25, 0.3) is 0 Å². The third-order valence-electron chi connectivity index (χ3n) is 3.19. The summed E-state index contributed by atoms with van der Waals surface area (Å²) in [5, 5.41) is 0.977. The average molecular weight is 266 g/mol. The summed E-state index contributed by atoms with van der Waals surface area (Å²) in [6.45, 7) is 5.48. The predicted molar refractivity (Wildman–Crippen MR) is 84.3 cm³/mol. The maximum Gasteiger partial charge on any atom is 0.168 e. The van der Waals surface area contributed by atoms with E-state index in [2.05, 4.69) is 16.7 Å². The molecule has 0 atom stereocenters. The smallest absolute Gasteiger partial charge is 0.168 e. The molecular weight excluding hydrogens is 248 g/mol. The quantitative estimate of drug-likeness (QED) is 0.473. The van der Waals surface area contributed by atoms with Gasteiger partial charge in [0, 0.05) is 35.3 Å². The SMILES string of the molecule is C=N/C=C(\C=C/CC(=O)c1c[nH]c2ccccc12)CC. The van der Waals surface area contributed by atoms with E-state index in [1.54, 1.807) is 12.4 Å². The number of hydrogen-bond donors (Lipinski definition) is 1. The molecule has 0 aliphatic heterocycles. The van der Waals surface area contributed by atoms with Crippen molar-refractivity contribution >= 4 is 23.4 Å². The number of Topliss-reactive ketones (excluding diaryl/α,β-unsaturated/α-hetero) is 1. The minimum atomic E-state index is 0.112. The van der Waals surface area contributed by atoms with Crippen molar-refractivity contribution in [1.29, 1.82) is 0 Å². The molecule has 3 nitrogen and oxygen atoms in total. The van der Waals surface area contributed by atoms with E-state index in [-0.39, 0.29) is 5.78 Å². The minimum Gasteiger partial charge on any atom is -0.360 e. The highest BCUT2D eigenvalue weighted by atomic mass is 16.1. The van der Waals surface area contributed by atoms with E-state index in [1.807, 2.05) is 43.3 Å². The Hall–Kier alpha value is -2.42. The van der Waals surface area contributed by atoms with Crippen LogP contribution in [0.1, 0.15) is 30.1 Å². The number of para-hydroxylation sites is 1. The maximum absolute atomic E-state index is 12.2. The number of carbonyl (C=O) groups is 1. The molecule has 1 aromatic carbocycles. The zero-order valence-corrected chi connectivity index (χ0v) is 11.6. The molecular formula is C17H18N2O. The first-order valence-electron chi connectivity index (χ1n) is 6.67. The Morgan fingerprint density at radius 2 is 2.20 bits per heavy atom. The van der Waals surface area contributed by atoms with Crippen LogP contribution in [-0.4, -0.2) is 17.5 Å². The van der Waals surface area contributed by atoms with Crippen LogP contribution in [0.25, 0.3) is 10.9 Å². The number of aromatic amines is 1. The van der Waals surface area contributed by atoms with Crippen molar-refractivity contribution in [2.24, 2.45) is 4.99 Å². The zero-order chi connectivity index (χ0) is 14.4. The average Bonchev–Trinajstić information content (AvgIpc) is 2.90. The first-order chi connectivity index (χ1) is 9.76. The molecule has 0 saturated heterocycles. The highest BCUT2D eigenvalue weighted by molar-refractivity contribution is 6.08. The Labute approximate surface area is 118 Å². The number of hydrogen-bond acceptors (Lipinski definition) is 2. The molecule has 20 heavy (non-hydrogen) atoms. The lowest BCUT2D eigenvalue weighted by atomic mass is 10.1. The van der Waals surface area contributed by atoms with Gasteiger partial charge in [-0.2, -0.15) is 0 Å². The number of aromatic nitrogens is 1. The third-order valence-corrected chi connectivity index (χ3v) is 3.19. The van der Waals surface area contributed by atoms with Crippen molar-refractivity contribution in [3.8, 4) is 0 Å². The van der Waals surface area contributed by atoms with Gasteiger partial charge in [0.2, 0.25) is 0 Å². The van der Waals surface area contributed by atoms with Gasteiger partial charge >= 0.3 is 0 Å². The number of aliphatic imine (C=N–C) groups is 1. The van der Waals surface area contributed by atoms with Crippen LogP contribution in [0.3, 0.4) is 0 Å². The number of benzene rings is 1. The number of allylic oxidation sites excluding steroid dienone is 3. The third kappa shape index (κ3) is 3.12. The Kier molecular flexibility index (Phi) is 4.66. The van der Waals surface area contributed by atoms with Crippen LogP contribution in [0, 0.1) is 0 Å². The predicted octanol–water partition coefficient (Wildman–Crippen LogP) is 4.29. The van der Waals surface area contributed by atoms with Crippen LogP contribution in [0.15, 0.2) is 59.4 Å². The number of carbonyl (C=O) groups excluding carboxylic acids is 1. The molecule has 2 rings (SSSR count). The number of nitrogens with one attached hydrogen (secondary N) is 1. The molecule has 0 bridgehead atoms. The van der Waals surface area contributed by atoms with E-state index >= 15 is 0 Å². The lowest BCUT2D eigenvalue weighted by molar-refractivity contribution is 0.0997. The van der Waals surface area contributed by atoms with Gasteiger partial charge in [0.15, 0.2) is 5.78 Å². The molecule has 0 radical (unpaired) electrons. The largest absolute Gasteiger partial charge is 0.360 e. The standard InChI is InChI=1S/C17H18N2O/c1-3-13(11-18-2)7-6-10-17(20)15-12-19-16-9-5-4-8-14(15)16/h4-9,11-12,19H,2-3,10H2,1H3/b7-6-,13-11-. The monoisotopic (exact) mass is 266 g/mol. The molecule has 102 valence electrons. The van der Waals surface area contributed by atoms with Gasteiger partial charge in [-0.1, -0.05) is 37.3 Å². The number of H-pyrrole nitrogens is 1. The normalized spacial score (nSPS) is 12.2. The summed E-state index contributed by atoms with van der Waals surface area (Å²) in [5.74, 6) is 0.112. The van der Waals surface area contributed by atoms with Crippen molar-refractivity contribution in [3.63, 3.8) is 0 Å². The van der Waals surface area contributed by atoms with E-state index in [0.717, 1.165) is 28.5 Å². The van der Waals surface area contributed by atoms with Gasteiger partial charge in [-0.3, -0.25) is 9.79 Å². The van der Waals surface area contributed by atoms with Gasteiger partial charge in [0.05, 0.1) is 0 Å². The number of rotatable bonds is 6. The molecule has 1 N–H and O–H groups in total. The topological polar surface area (TPSA) is 45.2 Å². The van der Waals surface area contributed by atoms with Crippen LogP contribution >= 0.6 is 0 Å². The van der Waals surface area contributed by atoms with Gasteiger partial charge in [-0.15, -0.1) is 0 Å². The zero-order valence-electron chi connectivity index (χ0n) is 11.6. The Bertz CT molecular complexity index is 677. The molecule has 0 fully saturated rings. The summed E-state index contributed by atoms with van der Waals surface area (Å²) in [4.78, 5) is 19.1. The second-order valence-electron chi connectivity index (χ2n) is 4.52. The lowest BCUT2D eigenvalue weighted by Crippen LogP contribution is -1.95. The first-order valence-corrected chi connectivity index (χ1v) is 6.67. The highest BCUT2D eigenvalue weighted by Gasteiger charge is 2.09. The minimum absolute atomic E-state index is 0.112. The van der Waals surface area contributed by atoms with Gasteiger partial charge in [-0.25, -0.2) is 0 Å². The second-order valence-corrected chi connectivity index (χ2v) is 4.52. The van der Waals surface area contributed by atoms with Gasteiger partial charge in [0.1, 0.15) is 0 Å². The summed E-state index contributed by atoms with van der Waals surface area (Å²) >= 11 is 0. The Morgan fingerprint density at radius 1 is 1.40 bits per heavy atom. The number of fused-ring (bicyclic) bond motifs is 1. The molecule has 1 aromatic heterocycles. The second kappa shape index (κ2) is 6.66. The summed E-state index contributed by atoms with van der Waals surface area (Å²) in [7, 11) is 0. The lowest BCUT2D eigenvalue weighted by Gasteiger charge is -1.97. The fraction of sp³-hybridized carbons (Fsp3) is 0.176. The van der Waals surface area contributed by atoms with Crippen molar-refractivity contribution in [1.82, 2.24) is 4.98 Å². The van der Waals surface area contributed by atoms with Crippen LogP contribution in [-0.2, 0) is 0 Å². The van der Waals surface area contributed by atoms with E-state index < -0.39 is 0 Å². The Morgan fingerprint density at radius 3 is 2.95 bits per heavy atom. The molecule has 0 saturated carbocycles. The van der Waals surface area contributed by atoms with Crippen molar-refractivity contribution in [2.45, 2.75) is 19.8 Å². The van der Waals surface area contributed by atoms with Crippen molar-refractivity contribution in [3.05, 3.63) is 60.0 Å². The number of nitrogens with zero attached hydrogens (tertiary/aromatic N) is 1. The summed E-state index contributed by atoms with van der Waals surface area (Å²) < 4.78 is 0. The first kappa shape index (κ1) is 14.0. The Balaban J connectivity index is 2.11. The van der Waals surface area contributed by atoms with Gasteiger partial charge < -0.3 is 4.98 Å². The summed E-state index contributed by atoms with van der Waals surface area (Å²) in [6, 6.07) is 7.82. The van der Waals surface area contributed by atoms with E-state index in [1.165, 1.54) is 0 Å². The molecule has 0 aliphatic rings. The summed E-state index contributed by atoms with van der Waals surface area (Å²) in [5.41, 5.74) is 2.80. The number of ketones is 1. The van der Waals surface area contributed by atoms with Crippen molar-refractivity contribution < 1.29 is 4.79 Å². The molecule has 0 amide bonds. The maximum atomic E-state index is 12.2. The van der Waals surface area contributed by atoms with Crippen LogP contribution in [0.4, 0.5) is 0 Å². The van der Waals surface area contributed by atoms with E-state index in [0.29, 0.717) is 6.42 Å². The fourth-order valence-corrected chi connectivity index (χ4v) is 2.10. The van der Waals surface area contributed by atoms with Crippen LogP contribution in [0.2, 0.25) is 0 Å². The molecule has 0 aliphatic carbocycles. The molecule has 0 unspecified atom stereocenters.